The molecule has 0 saturated heterocycles. The summed E-state index contributed by atoms with van der Waals surface area (Å²) in [6.07, 6.45) is 0. The maximum Gasteiger partial charge on any atom is 0.257 e. The number of hydrogen-bond acceptors (Lipinski definition) is 5. The van der Waals surface area contributed by atoms with Crippen molar-refractivity contribution in [3.8, 4) is 11.5 Å². The number of benzene rings is 2. The van der Waals surface area contributed by atoms with E-state index in [1.165, 1.54) is 6.07 Å². The predicted molar refractivity (Wildman–Crippen MR) is 100 cm³/mol. The van der Waals surface area contributed by atoms with Crippen molar-refractivity contribution < 1.29 is 19.4 Å². The van der Waals surface area contributed by atoms with Gasteiger partial charge >= 0.3 is 0 Å². The molecule has 0 aromatic heterocycles. The van der Waals surface area contributed by atoms with E-state index < -0.39 is 0 Å². The van der Waals surface area contributed by atoms with Gasteiger partial charge in [0.1, 0.15) is 18.1 Å². The van der Waals surface area contributed by atoms with Crippen LogP contribution in [0.25, 0.3) is 0 Å². The molecule has 0 aliphatic carbocycles. The van der Waals surface area contributed by atoms with Crippen molar-refractivity contribution in [3.05, 3.63) is 54.1 Å². The van der Waals surface area contributed by atoms with Gasteiger partial charge in [0, 0.05) is 23.9 Å². The Morgan fingerprint density at radius 2 is 1.96 bits per heavy atom. The molecule has 0 heterocycles. The summed E-state index contributed by atoms with van der Waals surface area (Å²) >= 11 is 5.11. The molecule has 0 bridgehead atoms. The number of phenolic OH excluding ortho intramolecular Hbond substituents is 1. The molecule has 0 atom stereocenters. The Kier molecular flexibility index (Phi) is 7.18. The first kappa shape index (κ1) is 18.7. The summed E-state index contributed by atoms with van der Waals surface area (Å²) in [4.78, 5) is 12.3. The fourth-order valence-electron chi connectivity index (χ4n) is 2.01. The van der Waals surface area contributed by atoms with Crippen LogP contribution in [0.1, 0.15) is 17.3 Å². The highest BCUT2D eigenvalue weighted by Gasteiger charge is 2.09. The third-order valence-corrected chi connectivity index (χ3v) is 3.33. The molecule has 132 valence electrons. The molecule has 0 spiro atoms. The van der Waals surface area contributed by atoms with Crippen molar-refractivity contribution in [2.75, 3.05) is 25.1 Å². The molecular weight excluding hydrogens is 340 g/mol. The molecule has 25 heavy (non-hydrogen) atoms. The largest absolute Gasteiger partial charge is 0.508 e. The third-order valence-electron chi connectivity index (χ3n) is 3.13. The van der Waals surface area contributed by atoms with Crippen molar-refractivity contribution >= 4 is 28.9 Å². The van der Waals surface area contributed by atoms with Crippen molar-refractivity contribution in [3.63, 3.8) is 0 Å². The van der Waals surface area contributed by atoms with Crippen LogP contribution in [0.5, 0.6) is 11.5 Å². The number of hydrogen-bond donors (Lipinski definition) is 3. The summed E-state index contributed by atoms with van der Waals surface area (Å²) in [6, 6.07) is 13.3. The van der Waals surface area contributed by atoms with Crippen LogP contribution in [0.15, 0.2) is 48.5 Å². The number of carbonyl (C=O) groups is 1. The van der Waals surface area contributed by atoms with Gasteiger partial charge in [0.15, 0.2) is 5.11 Å². The Morgan fingerprint density at radius 1 is 1.16 bits per heavy atom. The molecule has 0 aliphatic heterocycles. The summed E-state index contributed by atoms with van der Waals surface area (Å²) in [5, 5.41) is 15.0. The number of carbonyl (C=O) groups excluding carboxylic acids is 1. The normalized spacial score (nSPS) is 10.1. The van der Waals surface area contributed by atoms with E-state index in [4.69, 9.17) is 21.7 Å². The summed E-state index contributed by atoms with van der Waals surface area (Å²) in [5.41, 5.74) is 1.01. The maximum absolute atomic E-state index is 12.3. The first-order chi connectivity index (χ1) is 12.1. The first-order valence-electron chi connectivity index (χ1n) is 7.80. The number of ether oxygens (including phenoxy) is 2. The van der Waals surface area contributed by atoms with E-state index in [1.807, 2.05) is 6.92 Å². The fourth-order valence-corrected chi connectivity index (χ4v) is 2.22. The van der Waals surface area contributed by atoms with Crippen LogP contribution in [-0.2, 0) is 4.74 Å². The molecule has 0 unspecified atom stereocenters. The molecule has 6 nitrogen and oxygen atoms in total. The number of anilines is 1. The summed E-state index contributed by atoms with van der Waals surface area (Å²) < 4.78 is 10.7. The van der Waals surface area contributed by atoms with Crippen molar-refractivity contribution in [2.24, 2.45) is 0 Å². The van der Waals surface area contributed by atoms with Crippen molar-refractivity contribution in [1.82, 2.24) is 5.32 Å². The number of amides is 1. The average Bonchev–Trinajstić information content (AvgIpc) is 2.59. The number of rotatable bonds is 7. The van der Waals surface area contributed by atoms with Gasteiger partial charge in [0.2, 0.25) is 0 Å². The molecule has 2 rings (SSSR count). The van der Waals surface area contributed by atoms with E-state index in [-0.39, 0.29) is 16.8 Å². The summed E-state index contributed by atoms with van der Waals surface area (Å²) in [6.45, 7) is 3.45. The average molecular weight is 360 g/mol. The lowest BCUT2D eigenvalue weighted by atomic mass is 10.2. The van der Waals surface area contributed by atoms with E-state index in [0.29, 0.717) is 36.8 Å². The van der Waals surface area contributed by atoms with Gasteiger partial charge in [0.05, 0.1) is 6.61 Å². The molecule has 0 fully saturated rings. The van der Waals surface area contributed by atoms with E-state index in [9.17, 15) is 9.90 Å². The minimum atomic E-state index is -0.354. The van der Waals surface area contributed by atoms with Gasteiger partial charge in [-0.25, -0.2) is 0 Å². The fraction of sp³-hybridized carbons (Fsp3) is 0.222. The van der Waals surface area contributed by atoms with Crippen LogP contribution in [0.2, 0.25) is 0 Å². The lowest BCUT2D eigenvalue weighted by Crippen LogP contribution is -2.34. The van der Waals surface area contributed by atoms with Gasteiger partial charge in [-0.3, -0.25) is 10.1 Å². The SMILES string of the molecule is CCOCCOc1cccc(C(=O)NC(=S)Nc2cccc(O)c2)c1. The maximum atomic E-state index is 12.3. The Balaban J connectivity index is 1.90. The Morgan fingerprint density at radius 3 is 2.72 bits per heavy atom. The van der Waals surface area contributed by atoms with Gasteiger partial charge in [-0.05, 0) is 49.5 Å². The Bertz CT molecular complexity index is 737. The zero-order valence-electron chi connectivity index (χ0n) is 13.8. The van der Waals surface area contributed by atoms with E-state index in [0.717, 1.165) is 0 Å². The Hall–Kier alpha value is -2.64. The highest BCUT2D eigenvalue weighted by atomic mass is 32.1. The molecule has 7 heteroatoms. The van der Waals surface area contributed by atoms with Crippen LogP contribution in [0, 0.1) is 0 Å². The summed E-state index contributed by atoms with van der Waals surface area (Å²) in [5.74, 6) is 0.336. The second-order valence-electron chi connectivity index (χ2n) is 5.03. The molecule has 0 saturated carbocycles. The van der Waals surface area contributed by atoms with Crippen LogP contribution >= 0.6 is 12.2 Å². The zero-order valence-corrected chi connectivity index (χ0v) is 14.6. The molecular formula is C18H20N2O4S. The van der Waals surface area contributed by atoms with E-state index in [1.54, 1.807) is 42.5 Å². The molecule has 3 N–H and O–H groups in total. The van der Waals surface area contributed by atoms with Gasteiger partial charge in [-0.1, -0.05) is 12.1 Å². The topological polar surface area (TPSA) is 79.8 Å². The lowest BCUT2D eigenvalue weighted by Gasteiger charge is -2.11. The standard InChI is InChI=1S/C18H20N2O4S/c1-2-23-9-10-24-16-8-3-5-13(11-16)17(22)20-18(25)19-14-6-4-7-15(21)12-14/h3-8,11-12,21H,2,9-10H2,1H3,(H2,19,20,22,25). The predicted octanol–water partition coefficient (Wildman–Crippen LogP) is 2.93. The van der Waals surface area contributed by atoms with Crippen molar-refractivity contribution in [2.45, 2.75) is 6.92 Å². The number of nitrogens with one attached hydrogen (secondary N) is 2. The molecule has 0 radical (unpaired) electrons. The highest BCUT2D eigenvalue weighted by molar-refractivity contribution is 7.80. The van der Waals surface area contributed by atoms with Crippen molar-refractivity contribution in [1.29, 1.82) is 0 Å². The zero-order chi connectivity index (χ0) is 18.1. The minimum Gasteiger partial charge on any atom is -0.508 e. The van der Waals surface area contributed by atoms with Gasteiger partial charge in [-0.2, -0.15) is 0 Å². The second kappa shape index (κ2) is 9.61. The third kappa shape index (κ3) is 6.40. The number of aromatic hydroxyl groups is 1. The van der Waals surface area contributed by atoms with Gasteiger partial charge in [-0.15, -0.1) is 0 Å². The monoisotopic (exact) mass is 360 g/mol. The molecule has 1 amide bonds. The Labute approximate surface area is 151 Å². The van der Waals surface area contributed by atoms with Crippen LogP contribution < -0.4 is 15.4 Å². The second-order valence-corrected chi connectivity index (χ2v) is 5.44. The van der Waals surface area contributed by atoms with Gasteiger partial charge in [0.25, 0.3) is 5.91 Å². The first-order valence-corrected chi connectivity index (χ1v) is 8.21. The van der Waals surface area contributed by atoms with Crippen LogP contribution in [-0.4, -0.2) is 35.9 Å². The van der Waals surface area contributed by atoms with Crippen LogP contribution in [0.3, 0.4) is 0 Å². The van der Waals surface area contributed by atoms with E-state index >= 15 is 0 Å². The molecule has 2 aromatic rings. The summed E-state index contributed by atoms with van der Waals surface area (Å²) in [7, 11) is 0. The number of thiocarbonyl (C=S) groups is 1. The lowest BCUT2D eigenvalue weighted by molar-refractivity contribution is 0.0976. The molecule has 2 aromatic carbocycles. The van der Waals surface area contributed by atoms with E-state index in [2.05, 4.69) is 10.6 Å². The van der Waals surface area contributed by atoms with Crippen LogP contribution in [0.4, 0.5) is 5.69 Å². The highest BCUT2D eigenvalue weighted by Crippen LogP contribution is 2.16. The van der Waals surface area contributed by atoms with Gasteiger partial charge < -0.3 is 19.9 Å². The molecule has 0 aliphatic rings. The number of phenols is 1. The quantitative estimate of drug-likeness (QED) is 0.520. The minimum absolute atomic E-state index is 0.107. The smallest absolute Gasteiger partial charge is 0.257 e.